The number of para-hydroxylation sites is 3. The molecule has 1 atom stereocenters. The van der Waals surface area contributed by atoms with E-state index in [1.54, 1.807) is 12.1 Å². The molecule has 0 bridgehead atoms. The summed E-state index contributed by atoms with van der Waals surface area (Å²) in [4.78, 5) is 30.4. The fourth-order valence-corrected chi connectivity index (χ4v) is 4.14. The van der Waals surface area contributed by atoms with Gasteiger partial charge in [0.1, 0.15) is 12.4 Å². The van der Waals surface area contributed by atoms with Crippen molar-refractivity contribution in [2.45, 2.75) is 26.4 Å². The highest BCUT2D eigenvalue weighted by atomic mass is 35.5. The van der Waals surface area contributed by atoms with Crippen LogP contribution in [-0.2, 0) is 11.3 Å². The van der Waals surface area contributed by atoms with Gasteiger partial charge < -0.3 is 15.2 Å². The van der Waals surface area contributed by atoms with E-state index in [1.807, 2.05) is 66.9 Å². The standard InChI is InChI=1S/C25H22Cl2N4O2/c1-15-7-3-4-8-20(15)29-23(32)14-31-22-10-6-5-9-21(22)30-24(31)16(2)28-25(33)18-12-11-17(26)13-19(18)27/h3-13,16H,14H2,1-2H3,(H,28,33)(H,29,32). The van der Waals surface area contributed by atoms with Crippen LogP contribution in [0.5, 0.6) is 0 Å². The summed E-state index contributed by atoms with van der Waals surface area (Å²) >= 11 is 12.1. The summed E-state index contributed by atoms with van der Waals surface area (Å²) in [7, 11) is 0. The molecule has 1 aromatic heterocycles. The second-order valence-electron chi connectivity index (χ2n) is 7.73. The Morgan fingerprint density at radius 1 is 1.03 bits per heavy atom. The number of nitrogens with one attached hydrogen (secondary N) is 2. The first kappa shape index (κ1) is 22.8. The largest absolute Gasteiger partial charge is 0.342 e. The van der Waals surface area contributed by atoms with Gasteiger partial charge in [0.2, 0.25) is 5.91 Å². The number of hydrogen-bond donors (Lipinski definition) is 2. The zero-order chi connectivity index (χ0) is 23.5. The molecular formula is C25H22Cl2N4O2. The van der Waals surface area contributed by atoms with Gasteiger partial charge in [-0.15, -0.1) is 0 Å². The maximum atomic E-state index is 12.9. The molecule has 1 unspecified atom stereocenters. The lowest BCUT2D eigenvalue weighted by atomic mass is 10.2. The van der Waals surface area contributed by atoms with Gasteiger partial charge in [-0.3, -0.25) is 9.59 Å². The third-order valence-corrected chi connectivity index (χ3v) is 5.86. The number of hydrogen-bond acceptors (Lipinski definition) is 3. The second-order valence-corrected chi connectivity index (χ2v) is 8.57. The molecule has 0 radical (unpaired) electrons. The van der Waals surface area contributed by atoms with Gasteiger partial charge in [-0.25, -0.2) is 4.98 Å². The quantitative estimate of drug-likeness (QED) is 0.367. The molecule has 4 aromatic rings. The van der Waals surface area contributed by atoms with Crippen LogP contribution in [-0.4, -0.2) is 21.4 Å². The van der Waals surface area contributed by atoms with Gasteiger partial charge in [0.05, 0.1) is 27.7 Å². The number of nitrogens with zero attached hydrogens (tertiary/aromatic N) is 2. The summed E-state index contributed by atoms with van der Waals surface area (Å²) in [6.07, 6.45) is 0. The Bertz CT molecular complexity index is 1350. The Kier molecular flexibility index (Phi) is 6.67. The minimum Gasteiger partial charge on any atom is -0.342 e. The average Bonchev–Trinajstić information content (AvgIpc) is 3.14. The van der Waals surface area contributed by atoms with Crippen LogP contribution in [0.4, 0.5) is 5.69 Å². The average molecular weight is 481 g/mol. The highest BCUT2D eigenvalue weighted by molar-refractivity contribution is 6.36. The third-order valence-electron chi connectivity index (χ3n) is 5.32. The van der Waals surface area contributed by atoms with Crippen molar-refractivity contribution in [3.8, 4) is 0 Å². The van der Waals surface area contributed by atoms with Gasteiger partial charge in [-0.05, 0) is 55.8 Å². The third kappa shape index (κ3) is 5.02. The zero-order valence-electron chi connectivity index (χ0n) is 18.1. The lowest BCUT2D eigenvalue weighted by Crippen LogP contribution is -2.30. The number of anilines is 1. The van der Waals surface area contributed by atoms with Crippen LogP contribution in [0.3, 0.4) is 0 Å². The molecule has 1 heterocycles. The minimum atomic E-state index is -0.483. The highest BCUT2D eigenvalue weighted by Crippen LogP contribution is 2.24. The Balaban J connectivity index is 1.61. The van der Waals surface area contributed by atoms with Crippen LogP contribution >= 0.6 is 23.2 Å². The molecule has 0 spiro atoms. The predicted molar refractivity (Wildman–Crippen MR) is 132 cm³/mol. The molecule has 4 rings (SSSR count). The number of amides is 2. The van der Waals surface area contributed by atoms with E-state index in [9.17, 15) is 9.59 Å². The number of halogens is 2. The molecule has 168 valence electrons. The number of imidazole rings is 1. The topological polar surface area (TPSA) is 76.0 Å². The summed E-state index contributed by atoms with van der Waals surface area (Å²) < 4.78 is 1.82. The van der Waals surface area contributed by atoms with Crippen molar-refractivity contribution in [1.29, 1.82) is 0 Å². The van der Waals surface area contributed by atoms with E-state index in [2.05, 4.69) is 15.6 Å². The molecule has 0 saturated carbocycles. The van der Waals surface area contributed by atoms with Crippen LogP contribution < -0.4 is 10.6 Å². The smallest absolute Gasteiger partial charge is 0.253 e. The van der Waals surface area contributed by atoms with Gasteiger partial charge in [-0.2, -0.15) is 0 Å². The molecule has 33 heavy (non-hydrogen) atoms. The molecule has 0 aliphatic heterocycles. The number of fused-ring (bicyclic) bond motifs is 1. The second kappa shape index (κ2) is 9.65. The van der Waals surface area contributed by atoms with E-state index in [0.717, 1.165) is 22.3 Å². The van der Waals surface area contributed by atoms with Crippen molar-refractivity contribution in [3.63, 3.8) is 0 Å². The molecule has 6 nitrogen and oxygen atoms in total. The Morgan fingerprint density at radius 3 is 2.52 bits per heavy atom. The fraction of sp³-hybridized carbons (Fsp3) is 0.160. The Labute approximate surface area is 201 Å². The van der Waals surface area contributed by atoms with E-state index in [-0.39, 0.29) is 23.4 Å². The van der Waals surface area contributed by atoms with Gasteiger partial charge in [0.25, 0.3) is 5.91 Å². The van der Waals surface area contributed by atoms with Crippen molar-refractivity contribution in [1.82, 2.24) is 14.9 Å². The number of benzene rings is 3. The van der Waals surface area contributed by atoms with Gasteiger partial charge in [-0.1, -0.05) is 53.5 Å². The molecule has 3 aromatic carbocycles. The van der Waals surface area contributed by atoms with E-state index in [0.29, 0.717) is 16.4 Å². The summed E-state index contributed by atoms with van der Waals surface area (Å²) in [5, 5.41) is 6.59. The van der Waals surface area contributed by atoms with Crippen molar-refractivity contribution in [2.24, 2.45) is 0 Å². The normalized spacial score (nSPS) is 11.9. The van der Waals surface area contributed by atoms with Crippen LogP contribution in [0, 0.1) is 6.92 Å². The van der Waals surface area contributed by atoms with Crippen LogP contribution in [0.15, 0.2) is 66.7 Å². The highest BCUT2D eigenvalue weighted by Gasteiger charge is 2.21. The first-order chi connectivity index (χ1) is 15.8. The van der Waals surface area contributed by atoms with Crippen molar-refractivity contribution in [3.05, 3.63) is 93.7 Å². The molecule has 0 aliphatic rings. The fourth-order valence-electron chi connectivity index (χ4n) is 3.65. The molecule has 0 aliphatic carbocycles. The zero-order valence-corrected chi connectivity index (χ0v) is 19.6. The number of aromatic nitrogens is 2. The molecule has 2 amide bonds. The molecule has 8 heteroatoms. The van der Waals surface area contributed by atoms with Gasteiger partial charge in [0.15, 0.2) is 0 Å². The van der Waals surface area contributed by atoms with Crippen molar-refractivity contribution in [2.75, 3.05) is 5.32 Å². The molecule has 2 N–H and O–H groups in total. The van der Waals surface area contributed by atoms with E-state index >= 15 is 0 Å². The number of carbonyl (C=O) groups is 2. The van der Waals surface area contributed by atoms with Crippen LogP contribution in [0.2, 0.25) is 10.0 Å². The molecule has 0 fully saturated rings. The minimum absolute atomic E-state index is 0.0477. The Hall–Kier alpha value is -3.35. The summed E-state index contributed by atoms with van der Waals surface area (Å²) in [5.41, 5.74) is 3.59. The van der Waals surface area contributed by atoms with Crippen molar-refractivity contribution >= 4 is 51.7 Å². The summed E-state index contributed by atoms with van der Waals surface area (Å²) in [6.45, 7) is 3.80. The molecule has 0 saturated heterocycles. The summed E-state index contributed by atoms with van der Waals surface area (Å²) in [6, 6.07) is 19.4. The predicted octanol–water partition coefficient (Wildman–Crippen LogP) is 5.78. The monoisotopic (exact) mass is 480 g/mol. The lowest BCUT2D eigenvalue weighted by molar-refractivity contribution is -0.116. The summed E-state index contributed by atoms with van der Waals surface area (Å²) in [5.74, 6) is 0.0229. The Morgan fingerprint density at radius 2 is 1.76 bits per heavy atom. The SMILES string of the molecule is Cc1ccccc1NC(=O)Cn1c(C(C)NC(=O)c2ccc(Cl)cc2Cl)nc2ccccc21. The number of aryl methyl sites for hydroxylation is 1. The molecular weight excluding hydrogens is 459 g/mol. The first-order valence-electron chi connectivity index (χ1n) is 10.4. The maximum absolute atomic E-state index is 12.9. The van der Waals surface area contributed by atoms with Crippen molar-refractivity contribution < 1.29 is 9.59 Å². The van der Waals surface area contributed by atoms with E-state index < -0.39 is 6.04 Å². The van der Waals surface area contributed by atoms with Crippen LogP contribution in [0.25, 0.3) is 11.0 Å². The van der Waals surface area contributed by atoms with Gasteiger partial charge in [0, 0.05) is 10.7 Å². The number of carbonyl (C=O) groups excluding carboxylic acids is 2. The van der Waals surface area contributed by atoms with E-state index in [4.69, 9.17) is 23.2 Å². The number of rotatable bonds is 6. The van der Waals surface area contributed by atoms with Gasteiger partial charge >= 0.3 is 0 Å². The van der Waals surface area contributed by atoms with Crippen LogP contribution in [0.1, 0.15) is 34.7 Å². The lowest BCUT2D eigenvalue weighted by Gasteiger charge is -2.17. The first-order valence-corrected chi connectivity index (χ1v) is 11.2. The van der Waals surface area contributed by atoms with E-state index in [1.165, 1.54) is 6.07 Å². The maximum Gasteiger partial charge on any atom is 0.253 e.